The Morgan fingerprint density at radius 3 is 2.94 bits per heavy atom. The average molecular weight is 242 g/mol. The van der Waals surface area contributed by atoms with Crippen LogP contribution in [-0.2, 0) is 4.79 Å². The highest BCUT2D eigenvalue weighted by Crippen LogP contribution is 2.28. The van der Waals surface area contributed by atoms with Crippen LogP contribution in [0.1, 0.15) is 33.6 Å². The lowest BCUT2D eigenvalue weighted by Gasteiger charge is -2.27. The van der Waals surface area contributed by atoms with Crippen LogP contribution in [0.5, 0.6) is 0 Å². The van der Waals surface area contributed by atoms with Crippen LogP contribution < -0.4 is 5.32 Å². The molecule has 2 aliphatic rings. The lowest BCUT2D eigenvalue weighted by Crippen LogP contribution is -2.43. The highest BCUT2D eigenvalue weighted by molar-refractivity contribution is 7.99. The molecule has 16 heavy (non-hydrogen) atoms. The zero-order valence-electron chi connectivity index (χ0n) is 10.4. The summed E-state index contributed by atoms with van der Waals surface area (Å²) >= 11 is 1.97. The number of rotatable bonds is 3. The molecule has 2 rings (SSSR count). The van der Waals surface area contributed by atoms with Crippen LogP contribution in [0.2, 0.25) is 0 Å². The summed E-state index contributed by atoms with van der Waals surface area (Å²) in [5.74, 6) is 3.09. The van der Waals surface area contributed by atoms with Gasteiger partial charge in [-0.2, -0.15) is 11.8 Å². The van der Waals surface area contributed by atoms with Crippen molar-refractivity contribution in [2.24, 2.45) is 5.92 Å². The van der Waals surface area contributed by atoms with E-state index in [0.29, 0.717) is 17.9 Å². The molecule has 0 aromatic heterocycles. The van der Waals surface area contributed by atoms with E-state index in [1.165, 1.54) is 5.75 Å². The van der Waals surface area contributed by atoms with Gasteiger partial charge in [-0.05, 0) is 25.0 Å². The molecule has 4 heteroatoms. The van der Waals surface area contributed by atoms with Gasteiger partial charge in [-0.25, -0.2) is 0 Å². The number of hydrogen-bond donors (Lipinski definition) is 1. The molecule has 1 N–H and O–H groups in total. The van der Waals surface area contributed by atoms with Crippen molar-refractivity contribution in [1.29, 1.82) is 0 Å². The van der Waals surface area contributed by atoms with E-state index in [1.54, 1.807) is 0 Å². The van der Waals surface area contributed by atoms with E-state index in [1.807, 2.05) is 11.8 Å². The van der Waals surface area contributed by atoms with Crippen LogP contribution in [0, 0.1) is 5.92 Å². The molecule has 92 valence electrons. The summed E-state index contributed by atoms with van der Waals surface area (Å²) in [7, 11) is 0. The Hall–Kier alpha value is -0.220. The Kier molecular flexibility index (Phi) is 3.80. The van der Waals surface area contributed by atoms with Gasteiger partial charge in [0.1, 0.15) is 0 Å². The van der Waals surface area contributed by atoms with Crippen LogP contribution in [0.4, 0.5) is 0 Å². The smallest absolute Gasteiger partial charge is 0.241 e. The summed E-state index contributed by atoms with van der Waals surface area (Å²) in [6, 6.07) is 0.514. The highest BCUT2D eigenvalue weighted by Gasteiger charge is 2.42. The minimum atomic E-state index is 0.0469. The molecule has 4 atom stereocenters. The maximum atomic E-state index is 12.4. The Bertz CT molecular complexity index is 266. The molecule has 0 aromatic rings. The number of nitrogens with zero attached hydrogens (tertiary/aromatic N) is 1. The Labute approximate surface area is 102 Å². The summed E-state index contributed by atoms with van der Waals surface area (Å²) < 4.78 is 0. The van der Waals surface area contributed by atoms with E-state index < -0.39 is 0 Å². The zero-order chi connectivity index (χ0) is 11.7. The van der Waals surface area contributed by atoms with Crippen molar-refractivity contribution in [3.05, 3.63) is 0 Å². The zero-order valence-corrected chi connectivity index (χ0v) is 11.2. The largest absolute Gasteiger partial charge is 0.322 e. The quantitative estimate of drug-likeness (QED) is 0.817. The van der Waals surface area contributed by atoms with E-state index in [0.717, 1.165) is 18.6 Å². The van der Waals surface area contributed by atoms with Gasteiger partial charge in [-0.3, -0.25) is 10.1 Å². The fourth-order valence-corrected chi connectivity index (χ4v) is 3.85. The van der Waals surface area contributed by atoms with Gasteiger partial charge in [0.05, 0.1) is 12.2 Å². The lowest BCUT2D eigenvalue weighted by atomic mass is 9.99. The predicted octanol–water partition coefficient (Wildman–Crippen LogP) is 1.68. The summed E-state index contributed by atoms with van der Waals surface area (Å²) in [4.78, 5) is 14.5. The molecular formula is C12H22N2OS. The third-order valence-electron chi connectivity index (χ3n) is 3.87. The van der Waals surface area contributed by atoms with Gasteiger partial charge < -0.3 is 4.90 Å². The molecule has 4 unspecified atom stereocenters. The minimum absolute atomic E-state index is 0.0469. The van der Waals surface area contributed by atoms with Crippen molar-refractivity contribution in [3.8, 4) is 0 Å². The van der Waals surface area contributed by atoms with Crippen LogP contribution in [0.15, 0.2) is 0 Å². The third-order valence-corrected chi connectivity index (χ3v) is 5.02. The average Bonchev–Trinajstić information content (AvgIpc) is 2.86. The maximum absolute atomic E-state index is 12.4. The molecule has 2 fully saturated rings. The van der Waals surface area contributed by atoms with Crippen LogP contribution in [0.3, 0.4) is 0 Å². The number of carbonyl (C=O) groups excluding carboxylic acids is 1. The number of thioether (sulfide) groups is 1. The first-order valence-electron chi connectivity index (χ1n) is 6.31. The van der Waals surface area contributed by atoms with Gasteiger partial charge in [0.25, 0.3) is 0 Å². The van der Waals surface area contributed by atoms with Crippen molar-refractivity contribution in [2.75, 3.05) is 11.5 Å². The highest BCUT2D eigenvalue weighted by atomic mass is 32.2. The van der Waals surface area contributed by atoms with Crippen molar-refractivity contribution in [1.82, 2.24) is 10.2 Å². The van der Waals surface area contributed by atoms with Crippen molar-refractivity contribution < 1.29 is 4.79 Å². The second-order valence-corrected chi connectivity index (χ2v) is 6.12. The van der Waals surface area contributed by atoms with Crippen molar-refractivity contribution in [3.63, 3.8) is 0 Å². The molecule has 0 aromatic carbocycles. The van der Waals surface area contributed by atoms with E-state index in [2.05, 4.69) is 31.0 Å². The lowest BCUT2D eigenvalue weighted by molar-refractivity contribution is -0.132. The number of nitrogens with one attached hydrogen (secondary N) is 1. The van der Waals surface area contributed by atoms with Crippen molar-refractivity contribution in [2.45, 2.75) is 51.9 Å². The maximum Gasteiger partial charge on any atom is 0.241 e. The van der Waals surface area contributed by atoms with Gasteiger partial charge in [0.2, 0.25) is 5.91 Å². The van der Waals surface area contributed by atoms with Gasteiger partial charge in [0.15, 0.2) is 0 Å². The molecule has 2 heterocycles. The van der Waals surface area contributed by atoms with E-state index >= 15 is 0 Å². The number of amides is 1. The molecule has 3 nitrogen and oxygen atoms in total. The molecule has 0 radical (unpaired) electrons. The SMILES string of the molecule is CCC(C)C1NC(C)N(C2CCSC2)C1=O. The van der Waals surface area contributed by atoms with E-state index in [-0.39, 0.29) is 12.2 Å². The second kappa shape index (κ2) is 4.96. The first-order chi connectivity index (χ1) is 7.65. The molecule has 0 bridgehead atoms. The fraction of sp³-hybridized carbons (Fsp3) is 0.917. The first-order valence-corrected chi connectivity index (χ1v) is 7.46. The first kappa shape index (κ1) is 12.2. The monoisotopic (exact) mass is 242 g/mol. The van der Waals surface area contributed by atoms with Crippen LogP contribution in [-0.4, -0.2) is 40.6 Å². The predicted molar refractivity (Wildman–Crippen MR) is 68.4 cm³/mol. The standard InChI is InChI=1S/C12H22N2OS/c1-4-8(2)11-12(15)14(9(3)13-11)10-5-6-16-7-10/h8-11,13H,4-7H2,1-3H3. The topological polar surface area (TPSA) is 32.3 Å². The molecule has 0 spiro atoms. The van der Waals surface area contributed by atoms with E-state index in [9.17, 15) is 4.79 Å². The second-order valence-electron chi connectivity index (χ2n) is 4.97. The van der Waals surface area contributed by atoms with Gasteiger partial charge in [-0.1, -0.05) is 20.3 Å². The summed E-state index contributed by atoms with van der Waals surface area (Å²) in [6.07, 6.45) is 2.44. The van der Waals surface area contributed by atoms with Crippen LogP contribution >= 0.6 is 11.8 Å². The summed E-state index contributed by atoms with van der Waals surface area (Å²) in [6.45, 7) is 6.43. The number of carbonyl (C=O) groups is 1. The van der Waals surface area contributed by atoms with Crippen LogP contribution in [0.25, 0.3) is 0 Å². The molecule has 2 saturated heterocycles. The summed E-state index contributed by atoms with van der Waals surface area (Å²) in [5, 5.41) is 3.45. The Balaban J connectivity index is 2.06. The third kappa shape index (κ3) is 2.09. The van der Waals surface area contributed by atoms with Gasteiger partial charge >= 0.3 is 0 Å². The number of hydrogen-bond acceptors (Lipinski definition) is 3. The molecular weight excluding hydrogens is 220 g/mol. The van der Waals surface area contributed by atoms with Crippen molar-refractivity contribution >= 4 is 17.7 Å². The minimum Gasteiger partial charge on any atom is -0.322 e. The van der Waals surface area contributed by atoms with Gasteiger partial charge in [0, 0.05) is 11.8 Å². The Morgan fingerprint density at radius 1 is 1.62 bits per heavy atom. The summed E-state index contributed by atoms with van der Waals surface area (Å²) in [5.41, 5.74) is 0. The van der Waals surface area contributed by atoms with E-state index in [4.69, 9.17) is 0 Å². The Morgan fingerprint density at radius 2 is 2.38 bits per heavy atom. The van der Waals surface area contributed by atoms with Gasteiger partial charge in [-0.15, -0.1) is 0 Å². The molecule has 0 aliphatic carbocycles. The molecule has 0 saturated carbocycles. The molecule has 1 amide bonds. The normalized spacial score (nSPS) is 37.1. The molecule has 2 aliphatic heterocycles. The fourth-order valence-electron chi connectivity index (χ4n) is 2.64.